The highest BCUT2D eigenvalue weighted by atomic mass is 32.2. The van der Waals surface area contributed by atoms with E-state index in [1.807, 2.05) is 12.1 Å². The lowest BCUT2D eigenvalue weighted by atomic mass is 9.89. The minimum absolute atomic E-state index is 0.514. The molecular weight excluding hydrogens is 541 g/mol. The van der Waals surface area contributed by atoms with Gasteiger partial charge in [-0.15, -0.1) is 0 Å². The molecule has 1 aliphatic heterocycles. The first-order valence-corrected chi connectivity index (χ1v) is 17.2. The monoisotopic (exact) mass is 586 g/mol. The minimum Gasteiger partial charge on any atom is -0.457 e. The van der Waals surface area contributed by atoms with Crippen molar-refractivity contribution in [3.05, 3.63) is 54.1 Å². The molecule has 1 heterocycles. The highest BCUT2D eigenvalue weighted by molar-refractivity contribution is 7.92. The van der Waals surface area contributed by atoms with Crippen LogP contribution in [0.1, 0.15) is 70.3 Å². The van der Waals surface area contributed by atoms with Crippen molar-refractivity contribution in [2.24, 2.45) is 5.92 Å². The van der Waals surface area contributed by atoms with Crippen LogP contribution in [0.5, 0.6) is 11.5 Å². The largest absolute Gasteiger partial charge is 0.457 e. The standard InChI is InChI=1S/C31H46N4O3S2/c1-3-4-20-35(31(39)32-23-25-8-6-5-7-9-25)28-18-21-34(22-19-28)24-26-10-14-29(15-11-26)38-30-16-12-27(13-17-30)33-40(2,36)37/h10-17,25,28,33H,3-9,18-24H2,1-2H3,(H,32,39). The highest BCUT2D eigenvalue weighted by Crippen LogP contribution is 2.26. The summed E-state index contributed by atoms with van der Waals surface area (Å²) in [6.45, 7) is 7.42. The molecule has 0 bridgehead atoms. The number of unbranched alkanes of at least 4 members (excludes halogenated alkanes) is 1. The van der Waals surface area contributed by atoms with Crippen LogP contribution in [0.2, 0.25) is 0 Å². The molecule has 0 unspecified atom stereocenters. The first-order chi connectivity index (χ1) is 19.3. The fourth-order valence-corrected chi connectivity index (χ4v) is 6.64. The Balaban J connectivity index is 1.23. The average Bonchev–Trinajstić information content (AvgIpc) is 2.95. The molecule has 40 heavy (non-hydrogen) atoms. The molecule has 0 atom stereocenters. The number of benzene rings is 2. The summed E-state index contributed by atoms with van der Waals surface area (Å²) in [7, 11) is -3.29. The van der Waals surface area contributed by atoms with Crippen LogP contribution in [0.15, 0.2) is 48.5 Å². The number of sulfonamides is 1. The van der Waals surface area contributed by atoms with Gasteiger partial charge in [0.1, 0.15) is 11.5 Å². The lowest BCUT2D eigenvalue weighted by Crippen LogP contribution is -2.51. The van der Waals surface area contributed by atoms with Gasteiger partial charge in [0.05, 0.1) is 6.26 Å². The van der Waals surface area contributed by atoms with Gasteiger partial charge in [-0.1, -0.05) is 44.7 Å². The second-order valence-corrected chi connectivity index (χ2v) is 13.5. The molecule has 0 aromatic heterocycles. The van der Waals surface area contributed by atoms with Crippen molar-refractivity contribution < 1.29 is 13.2 Å². The quantitative estimate of drug-likeness (QED) is 0.280. The molecule has 2 aromatic rings. The van der Waals surface area contributed by atoms with E-state index in [4.69, 9.17) is 17.0 Å². The number of hydrogen-bond donors (Lipinski definition) is 2. The third-order valence-electron chi connectivity index (χ3n) is 8.00. The summed E-state index contributed by atoms with van der Waals surface area (Å²) < 4.78 is 31.2. The third kappa shape index (κ3) is 9.93. The Bertz CT molecular complexity index is 1160. The number of likely N-dealkylation sites (tertiary alicyclic amines) is 1. The van der Waals surface area contributed by atoms with Gasteiger partial charge in [-0.05, 0) is 92.2 Å². The van der Waals surface area contributed by atoms with Crippen LogP contribution < -0.4 is 14.8 Å². The lowest BCUT2D eigenvalue weighted by Gasteiger charge is -2.40. The molecule has 9 heteroatoms. The van der Waals surface area contributed by atoms with Crippen LogP contribution >= 0.6 is 12.2 Å². The van der Waals surface area contributed by atoms with Gasteiger partial charge in [0.2, 0.25) is 10.0 Å². The van der Waals surface area contributed by atoms with Gasteiger partial charge >= 0.3 is 0 Å². The lowest BCUT2D eigenvalue weighted by molar-refractivity contribution is 0.146. The van der Waals surface area contributed by atoms with E-state index in [9.17, 15) is 8.42 Å². The van der Waals surface area contributed by atoms with Gasteiger partial charge in [-0.2, -0.15) is 0 Å². The fraction of sp³-hybridized carbons (Fsp3) is 0.581. The number of rotatable bonds is 12. The van der Waals surface area contributed by atoms with Gasteiger partial charge in [-0.25, -0.2) is 8.42 Å². The van der Waals surface area contributed by atoms with E-state index in [2.05, 4.69) is 38.9 Å². The second kappa shape index (κ2) is 15.0. The molecule has 0 radical (unpaired) electrons. The van der Waals surface area contributed by atoms with Crippen molar-refractivity contribution in [2.75, 3.05) is 37.2 Å². The summed E-state index contributed by atoms with van der Waals surface area (Å²) in [5.41, 5.74) is 1.78. The Morgan fingerprint density at radius 3 is 2.20 bits per heavy atom. The molecule has 2 aromatic carbocycles. The number of piperidine rings is 1. The van der Waals surface area contributed by atoms with E-state index in [0.29, 0.717) is 17.5 Å². The van der Waals surface area contributed by atoms with Crippen molar-refractivity contribution in [1.29, 1.82) is 0 Å². The van der Waals surface area contributed by atoms with E-state index >= 15 is 0 Å². The molecular formula is C31H46N4O3S2. The van der Waals surface area contributed by atoms with Crippen molar-refractivity contribution in [2.45, 2.75) is 77.3 Å². The predicted octanol–water partition coefficient (Wildman–Crippen LogP) is 6.37. The van der Waals surface area contributed by atoms with E-state index in [0.717, 1.165) is 68.6 Å². The molecule has 0 spiro atoms. The van der Waals surface area contributed by atoms with Gasteiger partial charge in [0, 0.05) is 44.5 Å². The fourth-order valence-electron chi connectivity index (χ4n) is 5.75. The first kappa shape index (κ1) is 30.6. The number of nitrogens with one attached hydrogen (secondary N) is 2. The smallest absolute Gasteiger partial charge is 0.229 e. The third-order valence-corrected chi connectivity index (χ3v) is 8.99. The van der Waals surface area contributed by atoms with Crippen molar-refractivity contribution >= 4 is 33.0 Å². The van der Waals surface area contributed by atoms with Crippen LogP contribution in [0, 0.1) is 5.92 Å². The molecule has 2 fully saturated rings. The molecule has 1 saturated carbocycles. The Morgan fingerprint density at radius 2 is 1.60 bits per heavy atom. The first-order valence-electron chi connectivity index (χ1n) is 14.9. The zero-order valence-electron chi connectivity index (χ0n) is 24.1. The topological polar surface area (TPSA) is 73.9 Å². The number of hydrogen-bond acceptors (Lipinski definition) is 5. The number of anilines is 1. The van der Waals surface area contributed by atoms with E-state index < -0.39 is 10.0 Å². The Kier molecular flexibility index (Phi) is 11.5. The van der Waals surface area contributed by atoms with Crippen LogP contribution in [0.25, 0.3) is 0 Å². The molecule has 7 nitrogen and oxygen atoms in total. The number of ether oxygens (including phenoxy) is 1. The second-order valence-electron chi connectivity index (χ2n) is 11.4. The molecule has 2 aliphatic rings. The molecule has 4 rings (SSSR count). The van der Waals surface area contributed by atoms with Gasteiger partial charge < -0.3 is 15.0 Å². The predicted molar refractivity (Wildman–Crippen MR) is 169 cm³/mol. The Labute approximate surface area is 246 Å². The van der Waals surface area contributed by atoms with Crippen molar-refractivity contribution in [1.82, 2.24) is 15.1 Å². The van der Waals surface area contributed by atoms with Crippen LogP contribution in [0.3, 0.4) is 0 Å². The van der Waals surface area contributed by atoms with Gasteiger partial charge in [0.15, 0.2) is 5.11 Å². The van der Waals surface area contributed by atoms with E-state index in [-0.39, 0.29) is 0 Å². The number of nitrogens with zero attached hydrogens (tertiary/aromatic N) is 2. The van der Waals surface area contributed by atoms with Crippen molar-refractivity contribution in [3.8, 4) is 11.5 Å². The summed E-state index contributed by atoms with van der Waals surface area (Å²) in [4.78, 5) is 5.03. The van der Waals surface area contributed by atoms with Crippen molar-refractivity contribution in [3.63, 3.8) is 0 Å². The van der Waals surface area contributed by atoms with E-state index in [1.165, 1.54) is 50.5 Å². The highest BCUT2D eigenvalue weighted by Gasteiger charge is 2.26. The summed E-state index contributed by atoms with van der Waals surface area (Å²) in [6, 6.07) is 15.6. The Hall–Kier alpha value is -2.36. The van der Waals surface area contributed by atoms with E-state index in [1.54, 1.807) is 24.3 Å². The summed E-state index contributed by atoms with van der Waals surface area (Å²) in [5.74, 6) is 2.20. The SMILES string of the molecule is CCCCN(C(=S)NCC1CCCCC1)C1CCN(Cc2ccc(Oc3ccc(NS(C)(=O)=O)cc3)cc2)CC1. The van der Waals surface area contributed by atoms with Crippen LogP contribution in [0.4, 0.5) is 5.69 Å². The normalized spacial score (nSPS) is 17.4. The molecule has 2 N–H and O–H groups in total. The minimum atomic E-state index is -3.29. The molecule has 220 valence electrons. The Morgan fingerprint density at radius 1 is 0.975 bits per heavy atom. The van der Waals surface area contributed by atoms with Gasteiger partial charge in [0.25, 0.3) is 0 Å². The maximum absolute atomic E-state index is 11.4. The molecule has 1 saturated heterocycles. The number of thiocarbonyl (C=S) groups is 1. The van der Waals surface area contributed by atoms with Crippen LogP contribution in [-0.4, -0.2) is 61.8 Å². The van der Waals surface area contributed by atoms with Gasteiger partial charge in [-0.3, -0.25) is 9.62 Å². The van der Waals surface area contributed by atoms with Crippen LogP contribution in [-0.2, 0) is 16.6 Å². The maximum Gasteiger partial charge on any atom is 0.229 e. The maximum atomic E-state index is 11.4. The zero-order valence-corrected chi connectivity index (χ0v) is 25.7. The molecule has 1 aliphatic carbocycles. The molecule has 0 amide bonds. The summed E-state index contributed by atoms with van der Waals surface area (Å²) in [6.07, 6.45) is 12.6. The summed E-state index contributed by atoms with van der Waals surface area (Å²) >= 11 is 5.92. The zero-order chi connectivity index (χ0) is 28.4. The summed E-state index contributed by atoms with van der Waals surface area (Å²) in [5, 5.41) is 4.62. The average molecular weight is 587 g/mol.